The number of nitrogens with one attached hydrogen (secondary N) is 2. The van der Waals surface area contributed by atoms with Crippen molar-refractivity contribution < 1.29 is 19.1 Å². The van der Waals surface area contributed by atoms with E-state index < -0.39 is 12.1 Å². The average Bonchev–Trinajstić information content (AvgIpc) is 2.39. The molecule has 1 unspecified atom stereocenters. The molecule has 0 aromatic heterocycles. The van der Waals surface area contributed by atoms with E-state index in [0.717, 1.165) is 0 Å². The summed E-state index contributed by atoms with van der Waals surface area (Å²) in [6, 6.07) is 5.88. The Morgan fingerprint density at radius 2 is 1.89 bits per heavy atom. The molecule has 1 aromatic rings. The van der Waals surface area contributed by atoms with Crippen molar-refractivity contribution in [3.63, 3.8) is 0 Å². The molecule has 1 aromatic carbocycles. The zero-order valence-electron chi connectivity index (χ0n) is 10.8. The topological polar surface area (TPSA) is 103 Å². The van der Waals surface area contributed by atoms with Crippen LogP contribution in [-0.4, -0.2) is 38.9 Å². The lowest BCUT2D eigenvalue weighted by Crippen LogP contribution is -2.39. The molecule has 7 nitrogen and oxygen atoms in total. The monoisotopic (exact) mass is 267 g/mol. The predicted octanol–water partition coefficient (Wildman–Crippen LogP) is 0.777. The number of carbonyl (C=O) groups excluding carboxylic acids is 2. The third kappa shape index (κ3) is 4.94. The lowest BCUT2D eigenvalue weighted by Gasteiger charge is -2.12. The molecule has 0 bridgehead atoms. The number of methoxy groups -OCH3 is 2. The molecule has 0 saturated heterocycles. The summed E-state index contributed by atoms with van der Waals surface area (Å²) in [6.45, 7) is 0.131. The van der Waals surface area contributed by atoms with Crippen molar-refractivity contribution in [2.75, 3.05) is 31.5 Å². The summed E-state index contributed by atoms with van der Waals surface area (Å²) in [6.07, 6.45) is -0.584. The van der Waals surface area contributed by atoms with Gasteiger partial charge < -0.3 is 20.5 Å². The Hall–Kier alpha value is -2.12. The molecule has 0 aliphatic carbocycles. The summed E-state index contributed by atoms with van der Waals surface area (Å²) in [4.78, 5) is 22.7. The molecule has 0 aliphatic heterocycles. The number of amides is 2. The number of anilines is 2. The van der Waals surface area contributed by atoms with E-state index in [1.165, 1.54) is 14.2 Å². The number of rotatable bonds is 5. The molecule has 0 fully saturated rings. The van der Waals surface area contributed by atoms with Gasteiger partial charge in [-0.05, 0) is 18.2 Å². The highest BCUT2D eigenvalue weighted by atomic mass is 16.5. The van der Waals surface area contributed by atoms with Crippen molar-refractivity contribution in [3.8, 4) is 0 Å². The quantitative estimate of drug-likeness (QED) is 0.731. The second-order valence-corrected chi connectivity index (χ2v) is 3.75. The van der Waals surface area contributed by atoms with Crippen LogP contribution in [0.5, 0.6) is 0 Å². The third-order valence-electron chi connectivity index (χ3n) is 2.24. The standard InChI is InChI=1S/C12H17N3O4/c1-18-7-10(13)11(16)14-8-4-3-5-9(6-8)15-12(17)19-2/h3-6,10H,7,13H2,1-2H3,(H,14,16)(H,15,17). The van der Waals surface area contributed by atoms with Crippen LogP contribution < -0.4 is 16.4 Å². The first kappa shape index (κ1) is 14.9. The Morgan fingerprint density at radius 3 is 2.47 bits per heavy atom. The van der Waals surface area contributed by atoms with Crippen LogP contribution in [-0.2, 0) is 14.3 Å². The van der Waals surface area contributed by atoms with Crippen LogP contribution in [0.25, 0.3) is 0 Å². The van der Waals surface area contributed by atoms with Gasteiger partial charge in [0.1, 0.15) is 6.04 Å². The van der Waals surface area contributed by atoms with E-state index in [-0.39, 0.29) is 12.5 Å². The number of nitrogens with two attached hydrogens (primary N) is 1. The van der Waals surface area contributed by atoms with Crippen molar-refractivity contribution in [3.05, 3.63) is 24.3 Å². The predicted molar refractivity (Wildman–Crippen MR) is 71.0 cm³/mol. The Bertz CT molecular complexity index is 450. The molecule has 0 radical (unpaired) electrons. The van der Waals surface area contributed by atoms with Crippen LogP contribution >= 0.6 is 0 Å². The molecule has 2 amide bonds. The van der Waals surface area contributed by atoms with E-state index in [4.69, 9.17) is 10.5 Å². The van der Waals surface area contributed by atoms with E-state index in [1.807, 2.05) is 0 Å². The van der Waals surface area contributed by atoms with E-state index in [0.29, 0.717) is 11.4 Å². The average molecular weight is 267 g/mol. The second kappa shape index (κ2) is 7.34. The molecule has 1 rings (SSSR count). The molecule has 0 spiro atoms. The van der Waals surface area contributed by atoms with E-state index in [2.05, 4.69) is 15.4 Å². The molecule has 19 heavy (non-hydrogen) atoms. The Kier molecular flexibility index (Phi) is 5.77. The minimum Gasteiger partial charge on any atom is -0.453 e. The zero-order valence-corrected chi connectivity index (χ0v) is 10.8. The first-order valence-electron chi connectivity index (χ1n) is 5.57. The van der Waals surface area contributed by atoms with E-state index in [1.54, 1.807) is 24.3 Å². The summed E-state index contributed by atoms with van der Waals surface area (Å²) in [5, 5.41) is 5.11. The van der Waals surface area contributed by atoms with Gasteiger partial charge in [-0.2, -0.15) is 0 Å². The van der Waals surface area contributed by atoms with Gasteiger partial charge in [-0.15, -0.1) is 0 Å². The SMILES string of the molecule is COCC(N)C(=O)Nc1cccc(NC(=O)OC)c1. The second-order valence-electron chi connectivity index (χ2n) is 3.75. The minimum atomic E-state index is -0.748. The van der Waals surface area contributed by atoms with Crippen molar-refractivity contribution in [2.24, 2.45) is 5.73 Å². The first-order valence-corrected chi connectivity index (χ1v) is 5.57. The van der Waals surface area contributed by atoms with E-state index >= 15 is 0 Å². The summed E-state index contributed by atoms with van der Waals surface area (Å²) < 4.78 is 9.27. The molecule has 4 N–H and O–H groups in total. The van der Waals surface area contributed by atoms with Crippen LogP contribution in [0.15, 0.2) is 24.3 Å². The fraction of sp³-hybridized carbons (Fsp3) is 0.333. The van der Waals surface area contributed by atoms with Crippen LogP contribution in [0, 0.1) is 0 Å². The van der Waals surface area contributed by atoms with Crippen molar-refractivity contribution in [1.82, 2.24) is 0 Å². The van der Waals surface area contributed by atoms with Gasteiger partial charge in [0.2, 0.25) is 5.91 Å². The van der Waals surface area contributed by atoms with Crippen LogP contribution in [0.2, 0.25) is 0 Å². The maximum Gasteiger partial charge on any atom is 0.411 e. The van der Waals surface area contributed by atoms with Gasteiger partial charge in [0.25, 0.3) is 0 Å². The van der Waals surface area contributed by atoms with Gasteiger partial charge in [0.15, 0.2) is 0 Å². The van der Waals surface area contributed by atoms with Crippen molar-refractivity contribution >= 4 is 23.4 Å². The number of carbonyl (C=O) groups is 2. The maximum absolute atomic E-state index is 11.7. The highest BCUT2D eigenvalue weighted by molar-refractivity contribution is 5.95. The van der Waals surface area contributed by atoms with Crippen molar-refractivity contribution in [1.29, 1.82) is 0 Å². The van der Waals surface area contributed by atoms with Gasteiger partial charge >= 0.3 is 6.09 Å². The summed E-state index contributed by atoms with van der Waals surface area (Å²) in [7, 11) is 2.73. The highest BCUT2D eigenvalue weighted by Gasteiger charge is 2.13. The maximum atomic E-state index is 11.7. The molecular weight excluding hydrogens is 250 g/mol. The van der Waals surface area contributed by atoms with Gasteiger partial charge in [-0.25, -0.2) is 4.79 Å². The Morgan fingerprint density at radius 1 is 1.26 bits per heavy atom. The number of hydrogen-bond acceptors (Lipinski definition) is 5. The lowest BCUT2D eigenvalue weighted by molar-refractivity contribution is -0.118. The molecule has 0 aliphatic rings. The van der Waals surface area contributed by atoms with Crippen LogP contribution in [0.4, 0.5) is 16.2 Å². The van der Waals surface area contributed by atoms with Gasteiger partial charge in [-0.3, -0.25) is 10.1 Å². The lowest BCUT2D eigenvalue weighted by atomic mass is 10.2. The molecule has 0 heterocycles. The largest absolute Gasteiger partial charge is 0.453 e. The summed E-state index contributed by atoms with van der Waals surface area (Å²) in [5.41, 5.74) is 6.61. The molecular formula is C12H17N3O4. The number of hydrogen-bond donors (Lipinski definition) is 3. The number of benzene rings is 1. The van der Waals surface area contributed by atoms with Gasteiger partial charge in [0, 0.05) is 18.5 Å². The van der Waals surface area contributed by atoms with Crippen molar-refractivity contribution in [2.45, 2.75) is 6.04 Å². The van der Waals surface area contributed by atoms with Gasteiger partial charge in [0.05, 0.1) is 13.7 Å². The normalized spacial score (nSPS) is 11.5. The molecule has 104 valence electrons. The minimum absolute atomic E-state index is 0.131. The fourth-order valence-electron chi connectivity index (χ4n) is 1.33. The number of ether oxygens (including phenoxy) is 2. The molecule has 1 atom stereocenters. The smallest absolute Gasteiger partial charge is 0.411 e. The Balaban J connectivity index is 2.66. The fourth-order valence-corrected chi connectivity index (χ4v) is 1.33. The molecule has 0 saturated carbocycles. The third-order valence-corrected chi connectivity index (χ3v) is 2.24. The Labute approximate surface area is 111 Å². The zero-order chi connectivity index (χ0) is 14.3. The highest BCUT2D eigenvalue weighted by Crippen LogP contribution is 2.15. The van der Waals surface area contributed by atoms with E-state index in [9.17, 15) is 9.59 Å². The summed E-state index contributed by atoms with van der Waals surface area (Å²) >= 11 is 0. The molecule has 7 heteroatoms. The summed E-state index contributed by atoms with van der Waals surface area (Å²) in [5.74, 6) is -0.364. The van der Waals surface area contributed by atoms with Gasteiger partial charge in [-0.1, -0.05) is 6.07 Å². The van der Waals surface area contributed by atoms with Crippen LogP contribution in [0.3, 0.4) is 0 Å². The first-order chi connectivity index (χ1) is 9.06. The van der Waals surface area contributed by atoms with Crippen LogP contribution in [0.1, 0.15) is 0 Å².